The fourth-order valence-electron chi connectivity index (χ4n) is 1.83. The molecule has 0 spiro atoms. The van der Waals surface area contributed by atoms with E-state index in [1.165, 1.54) is 12.1 Å². The van der Waals surface area contributed by atoms with E-state index in [9.17, 15) is 22.8 Å². The molecule has 1 fully saturated rings. The highest BCUT2D eigenvalue weighted by molar-refractivity contribution is 6.04. The maximum Gasteiger partial charge on any atom is 0.416 e. The molecule has 0 radical (unpaired) electrons. The fraction of sp³-hybridized carbons (Fsp3) is 0.385. The van der Waals surface area contributed by atoms with E-state index in [0.717, 1.165) is 12.1 Å². The third kappa shape index (κ3) is 2.76. The maximum atomic E-state index is 12.4. The van der Waals surface area contributed by atoms with Crippen LogP contribution in [0, 0.1) is 5.41 Å². The Labute approximate surface area is 112 Å². The monoisotopic (exact) mass is 287 g/mol. The van der Waals surface area contributed by atoms with Crippen molar-refractivity contribution in [1.82, 2.24) is 5.32 Å². The minimum absolute atomic E-state index is 0.00595. The zero-order valence-electron chi connectivity index (χ0n) is 10.3. The molecule has 1 aromatic rings. The zero-order chi connectivity index (χ0) is 15.0. The predicted octanol–water partition coefficient (Wildman–Crippen LogP) is 2.19. The Balaban J connectivity index is 1.95. The van der Waals surface area contributed by atoms with Crippen LogP contribution in [-0.4, -0.2) is 17.0 Å². The third-order valence-electron chi connectivity index (χ3n) is 3.33. The van der Waals surface area contributed by atoms with Gasteiger partial charge in [0.25, 0.3) is 0 Å². The number of nitrogens with one attached hydrogen (secondary N) is 1. The lowest BCUT2D eigenvalue weighted by atomic mass is 10.1. The molecule has 0 unspecified atom stereocenters. The third-order valence-corrected chi connectivity index (χ3v) is 3.33. The lowest BCUT2D eigenvalue weighted by Gasteiger charge is -2.11. The van der Waals surface area contributed by atoms with Gasteiger partial charge in [-0.2, -0.15) is 13.2 Å². The number of alkyl halides is 3. The van der Waals surface area contributed by atoms with Crippen molar-refractivity contribution in [2.75, 3.05) is 0 Å². The summed E-state index contributed by atoms with van der Waals surface area (Å²) in [5, 5.41) is 11.4. The van der Waals surface area contributed by atoms with Crippen molar-refractivity contribution in [3.8, 4) is 0 Å². The quantitative estimate of drug-likeness (QED) is 0.834. The van der Waals surface area contributed by atoms with Crippen LogP contribution in [0.1, 0.15) is 24.0 Å². The summed E-state index contributed by atoms with van der Waals surface area (Å²) in [6.45, 7) is 0.00595. The number of hydrogen-bond donors (Lipinski definition) is 2. The highest BCUT2D eigenvalue weighted by Gasteiger charge is 2.56. The number of halogens is 3. The van der Waals surface area contributed by atoms with Gasteiger partial charge in [0.1, 0.15) is 5.41 Å². The number of aliphatic carboxylic acids is 1. The van der Waals surface area contributed by atoms with E-state index < -0.39 is 29.0 Å². The molecule has 7 heteroatoms. The molecule has 0 atom stereocenters. The van der Waals surface area contributed by atoms with Gasteiger partial charge in [0.2, 0.25) is 5.91 Å². The van der Waals surface area contributed by atoms with Crippen molar-refractivity contribution >= 4 is 11.9 Å². The molecule has 0 aliphatic heterocycles. The first-order valence-corrected chi connectivity index (χ1v) is 5.93. The van der Waals surface area contributed by atoms with Crippen LogP contribution in [0.15, 0.2) is 24.3 Å². The second-order valence-electron chi connectivity index (χ2n) is 4.76. The minimum Gasteiger partial charge on any atom is -0.480 e. The lowest BCUT2D eigenvalue weighted by molar-refractivity contribution is -0.149. The van der Waals surface area contributed by atoms with E-state index in [1.807, 2.05) is 0 Å². The summed E-state index contributed by atoms with van der Waals surface area (Å²) in [4.78, 5) is 22.6. The standard InChI is InChI=1S/C13H12F3NO3/c14-13(15,16)9-3-1-8(2-4-9)7-17-10(18)12(5-6-12)11(19)20/h1-4H,5-7H2,(H,17,18)(H,19,20). The van der Waals surface area contributed by atoms with Gasteiger partial charge in [-0.1, -0.05) is 12.1 Å². The number of benzene rings is 1. The van der Waals surface area contributed by atoms with E-state index in [2.05, 4.69) is 5.32 Å². The van der Waals surface area contributed by atoms with Crippen molar-refractivity contribution in [3.05, 3.63) is 35.4 Å². The average molecular weight is 287 g/mol. The largest absolute Gasteiger partial charge is 0.480 e. The molecule has 0 bridgehead atoms. The number of carbonyl (C=O) groups is 2. The first-order chi connectivity index (χ1) is 9.25. The Morgan fingerprint density at radius 2 is 1.75 bits per heavy atom. The van der Waals surface area contributed by atoms with Gasteiger partial charge in [0.05, 0.1) is 5.56 Å². The Morgan fingerprint density at radius 3 is 2.15 bits per heavy atom. The second-order valence-corrected chi connectivity index (χ2v) is 4.76. The molecule has 1 saturated carbocycles. The van der Waals surface area contributed by atoms with Crippen molar-refractivity contribution in [2.45, 2.75) is 25.6 Å². The molecule has 1 aromatic carbocycles. The first-order valence-electron chi connectivity index (χ1n) is 5.93. The summed E-state index contributed by atoms with van der Waals surface area (Å²) in [5.74, 6) is -1.76. The van der Waals surface area contributed by atoms with Crippen LogP contribution < -0.4 is 5.32 Å². The summed E-state index contributed by atoms with van der Waals surface area (Å²) in [6, 6.07) is 4.35. The van der Waals surface area contributed by atoms with Gasteiger partial charge in [0, 0.05) is 6.54 Å². The molecule has 1 aliphatic rings. The molecule has 4 nitrogen and oxygen atoms in total. The van der Waals surface area contributed by atoms with Gasteiger partial charge < -0.3 is 10.4 Å². The smallest absolute Gasteiger partial charge is 0.416 e. The lowest BCUT2D eigenvalue weighted by Crippen LogP contribution is -2.36. The van der Waals surface area contributed by atoms with E-state index >= 15 is 0 Å². The van der Waals surface area contributed by atoms with Crippen LogP contribution in [0.5, 0.6) is 0 Å². The van der Waals surface area contributed by atoms with E-state index in [0.29, 0.717) is 18.4 Å². The molecular formula is C13H12F3NO3. The van der Waals surface area contributed by atoms with Crippen molar-refractivity contribution in [1.29, 1.82) is 0 Å². The summed E-state index contributed by atoms with van der Waals surface area (Å²) >= 11 is 0. The Kier molecular flexibility index (Phi) is 3.45. The molecular weight excluding hydrogens is 275 g/mol. The molecule has 0 heterocycles. The molecule has 0 aromatic heterocycles. The van der Waals surface area contributed by atoms with Crippen molar-refractivity contribution in [2.24, 2.45) is 5.41 Å². The van der Waals surface area contributed by atoms with Gasteiger partial charge in [-0.25, -0.2) is 0 Å². The summed E-state index contributed by atoms with van der Waals surface area (Å²) in [5.41, 5.74) is -1.63. The van der Waals surface area contributed by atoms with Crippen LogP contribution >= 0.6 is 0 Å². The number of carbonyl (C=O) groups excluding carboxylic acids is 1. The van der Waals surface area contributed by atoms with Crippen LogP contribution in [0.2, 0.25) is 0 Å². The Bertz CT molecular complexity index is 533. The number of amides is 1. The molecule has 20 heavy (non-hydrogen) atoms. The second kappa shape index (κ2) is 4.81. The molecule has 2 rings (SSSR count). The van der Waals surface area contributed by atoms with E-state index in [4.69, 9.17) is 5.11 Å². The first kappa shape index (κ1) is 14.4. The number of rotatable bonds is 4. The number of hydrogen-bond acceptors (Lipinski definition) is 2. The normalized spacial score (nSPS) is 16.6. The predicted molar refractivity (Wildman–Crippen MR) is 62.6 cm³/mol. The highest BCUT2D eigenvalue weighted by Crippen LogP contribution is 2.46. The maximum absolute atomic E-state index is 12.4. The van der Waals surface area contributed by atoms with Gasteiger partial charge in [-0.15, -0.1) is 0 Å². The van der Waals surface area contributed by atoms with Gasteiger partial charge in [-0.05, 0) is 30.5 Å². The molecule has 2 N–H and O–H groups in total. The highest BCUT2D eigenvalue weighted by atomic mass is 19.4. The number of carboxylic acid groups (broad SMARTS) is 1. The summed E-state index contributed by atoms with van der Waals surface area (Å²) < 4.78 is 37.1. The molecule has 1 aliphatic carbocycles. The molecule has 1 amide bonds. The minimum atomic E-state index is -4.40. The topological polar surface area (TPSA) is 66.4 Å². The van der Waals surface area contributed by atoms with Gasteiger partial charge >= 0.3 is 12.1 Å². The van der Waals surface area contributed by atoms with Gasteiger partial charge in [-0.3, -0.25) is 9.59 Å². The van der Waals surface area contributed by atoms with Crippen LogP contribution in [-0.2, 0) is 22.3 Å². The van der Waals surface area contributed by atoms with Crippen LogP contribution in [0.3, 0.4) is 0 Å². The summed E-state index contributed by atoms with van der Waals surface area (Å²) in [6.07, 6.45) is -3.81. The Morgan fingerprint density at radius 1 is 1.20 bits per heavy atom. The van der Waals surface area contributed by atoms with E-state index in [1.54, 1.807) is 0 Å². The SMILES string of the molecule is O=C(O)C1(C(=O)NCc2ccc(C(F)(F)F)cc2)CC1. The zero-order valence-corrected chi connectivity index (χ0v) is 10.3. The van der Waals surface area contributed by atoms with Crippen molar-refractivity contribution in [3.63, 3.8) is 0 Å². The Hall–Kier alpha value is -2.05. The van der Waals surface area contributed by atoms with E-state index in [-0.39, 0.29) is 6.54 Å². The van der Waals surface area contributed by atoms with Gasteiger partial charge in [0.15, 0.2) is 0 Å². The summed E-state index contributed by atoms with van der Waals surface area (Å²) in [7, 11) is 0. The van der Waals surface area contributed by atoms with Crippen LogP contribution in [0.25, 0.3) is 0 Å². The fourth-order valence-corrected chi connectivity index (χ4v) is 1.83. The molecule has 108 valence electrons. The number of carboxylic acids is 1. The molecule has 0 saturated heterocycles. The average Bonchev–Trinajstić information content (AvgIpc) is 3.17. The van der Waals surface area contributed by atoms with Crippen molar-refractivity contribution < 1.29 is 27.9 Å². The van der Waals surface area contributed by atoms with Crippen LogP contribution in [0.4, 0.5) is 13.2 Å².